The van der Waals surface area contributed by atoms with E-state index in [9.17, 15) is 0 Å². The lowest BCUT2D eigenvalue weighted by Gasteiger charge is -2.26. The van der Waals surface area contributed by atoms with Crippen molar-refractivity contribution in [3.05, 3.63) is 28.5 Å². The quantitative estimate of drug-likeness (QED) is 0.855. The van der Waals surface area contributed by atoms with Gasteiger partial charge in [0.05, 0.1) is 5.69 Å². The minimum atomic E-state index is 0.782. The predicted octanol–water partition coefficient (Wildman–Crippen LogP) is 2.70. The molecular weight excluding hydrogens is 280 g/mol. The lowest BCUT2D eigenvalue weighted by Crippen LogP contribution is -2.29. The topological polar surface area (TPSA) is 25.4 Å². The van der Waals surface area contributed by atoms with E-state index < -0.39 is 0 Å². The largest absolute Gasteiger partial charge is 0.381 e. The number of nitrogens with zero attached hydrogens (tertiary/aromatic N) is 2. The van der Waals surface area contributed by atoms with E-state index in [0.717, 1.165) is 42.4 Å². The molecule has 94 valence electrons. The van der Waals surface area contributed by atoms with Crippen molar-refractivity contribution in [2.75, 3.05) is 26.8 Å². The summed E-state index contributed by atoms with van der Waals surface area (Å²) in [6.07, 6.45) is 4.24. The van der Waals surface area contributed by atoms with Gasteiger partial charge in [0.1, 0.15) is 0 Å². The van der Waals surface area contributed by atoms with E-state index in [-0.39, 0.29) is 0 Å². The summed E-state index contributed by atoms with van der Waals surface area (Å²) in [6, 6.07) is 4.12. The molecule has 1 saturated heterocycles. The highest BCUT2D eigenvalue weighted by molar-refractivity contribution is 9.10. The summed E-state index contributed by atoms with van der Waals surface area (Å²) < 4.78 is 6.41. The number of rotatable bonds is 4. The van der Waals surface area contributed by atoms with Gasteiger partial charge in [-0.3, -0.25) is 4.98 Å². The first kappa shape index (κ1) is 13.0. The van der Waals surface area contributed by atoms with Crippen molar-refractivity contribution >= 4 is 15.9 Å². The molecule has 0 radical (unpaired) electrons. The third-order valence-corrected chi connectivity index (χ3v) is 3.60. The molecule has 3 nitrogen and oxygen atoms in total. The molecule has 2 heterocycles. The molecule has 0 N–H and O–H groups in total. The summed E-state index contributed by atoms with van der Waals surface area (Å²) in [5.74, 6) is 0.782. The second-order valence-electron chi connectivity index (χ2n) is 4.72. The summed E-state index contributed by atoms with van der Waals surface area (Å²) in [5.41, 5.74) is 1.13. The first-order valence-electron chi connectivity index (χ1n) is 6.11. The number of aromatic nitrogens is 1. The first-order valence-corrected chi connectivity index (χ1v) is 6.90. The fourth-order valence-corrected chi connectivity index (χ4v) is 2.45. The zero-order chi connectivity index (χ0) is 12.1. The predicted molar refractivity (Wildman–Crippen MR) is 71.8 cm³/mol. The van der Waals surface area contributed by atoms with Gasteiger partial charge in [0.15, 0.2) is 0 Å². The van der Waals surface area contributed by atoms with Crippen LogP contribution in [0.4, 0.5) is 0 Å². The van der Waals surface area contributed by atoms with Crippen LogP contribution in [0.1, 0.15) is 18.5 Å². The molecule has 0 unspecified atom stereocenters. The fraction of sp³-hybridized carbons (Fsp3) is 0.615. The van der Waals surface area contributed by atoms with E-state index in [1.54, 1.807) is 0 Å². The second kappa shape index (κ2) is 6.47. The average Bonchev–Trinajstić information content (AvgIpc) is 2.33. The molecule has 1 fully saturated rings. The maximum absolute atomic E-state index is 5.38. The molecule has 0 spiro atoms. The van der Waals surface area contributed by atoms with Crippen LogP contribution in [0.2, 0.25) is 0 Å². The van der Waals surface area contributed by atoms with Crippen LogP contribution in [0.15, 0.2) is 22.8 Å². The molecule has 17 heavy (non-hydrogen) atoms. The minimum Gasteiger partial charge on any atom is -0.381 e. The second-order valence-corrected chi connectivity index (χ2v) is 5.64. The van der Waals surface area contributed by atoms with E-state index in [0.29, 0.717) is 0 Å². The van der Waals surface area contributed by atoms with Crippen molar-refractivity contribution < 1.29 is 4.74 Å². The Balaban J connectivity index is 1.79. The standard InChI is InChI=1S/C13H19BrN2O/c1-16(9-11-4-6-17-7-5-11)10-13-3-2-12(14)8-15-13/h2-3,8,11H,4-7,9-10H2,1H3. The molecule has 1 aliphatic rings. The average molecular weight is 299 g/mol. The maximum atomic E-state index is 5.38. The molecule has 2 rings (SSSR count). The highest BCUT2D eigenvalue weighted by Crippen LogP contribution is 2.16. The van der Waals surface area contributed by atoms with Crippen LogP contribution in [0.3, 0.4) is 0 Å². The zero-order valence-electron chi connectivity index (χ0n) is 10.2. The van der Waals surface area contributed by atoms with Gasteiger partial charge in [-0.15, -0.1) is 0 Å². The molecule has 0 atom stereocenters. The van der Waals surface area contributed by atoms with Gasteiger partial charge in [0, 0.05) is 37.0 Å². The number of hydrogen-bond donors (Lipinski definition) is 0. The van der Waals surface area contributed by atoms with E-state index in [4.69, 9.17) is 4.74 Å². The van der Waals surface area contributed by atoms with Crippen LogP contribution in [0.25, 0.3) is 0 Å². The third kappa shape index (κ3) is 4.37. The molecule has 1 aromatic heterocycles. The monoisotopic (exact) mass is 298 g/mol. The molecule has 4 heteroatoms. The van der Waals surface area contributed by atoms with E-state index in [1.165, 1.54) is 12.8 Å². The molecule has 0 amide bonds. The number of hydrogen-bond acceptors (Lipinski definition) is 3. The molecule has 0 saturated carbocycles. The zero-order valence-corrected chi connectivity index (χ0v) is 11.8. The number of halogens is 1. The molecular formula is C13H19BrN2O. The number of pyridine rings is 1. The highest BCUT2D eigenvalue weighted by Gasteiger charge is 2.15. The molecule has 0 aliphatic carbocycles. The van der Waals surface area contributed by atoms with Crippen LogP contribution < -0.4 is 0 Å². The Hall–Kier alpha value is -0.450. The van der Waals surface area contributed by atoms with Crippen molar-refractivity contribution in [3.63, 3.8) is 0 Å². The van der Waals surface area contributed by atoms with Gasteiger partial charge in [-0.05, 0) is 53.9 Å². The fourth-order valence-electron chi connectivity index (χ4n) is 2.21. The lowest BCUT2D eigenvalue weighted by atomic mass is 10.00. The van der Waals surface area contributed by atoms with Crippen LogP contribution in [0.5, 0.6) is 0 Å². The summed E-state index contributed by atoms with van der Waals surface area (Å²) in [6.45, 7) is 3.91. The van der Waals surface area contributed by atoms with Crippen molar-refractivity contribution in [1.29, 1.82) is 0 Å². The van der Waals surface area contributed by atoms with E-state index >= 15 is 0 Å². The van der Waals surface area contributed by atoms with E-state index in [2.05, 4.69) is 38.9 Å². The molecule has 1 aromatic rings. The van der Waals surface area contributed by atoms with Gasteiger partial charge in [-0.1, -0.05) is 0 Å². The Kier molecular flexibility index (Phi) is 4.95. The van der Waals surface area contributed by atoms with Crippen molar-refractivity contribution in [2.45, 2.75) is 19.4 Å². The Morgan fingerprint density at radius 3 is 2.82 bits per heavy atom. The summed E-state index contributed by atoms with van der Waals surface area (Å²) >= 11 is 3.40. The lowest BCUT2D eigenvalue weighted by molar-refractivity contribution is 0.0548. The van der Waals surface area contributed by atoms with Gasteiger partial charge in [-0.2, -0.15) is 0 Å². The molecule has 1 aliphatic heterocycles. The van der Waals surface area contributed by atoms with Crippen molar-refractivity contribution in [3.8, 4) is 0 Å². The van der Waals surface area contributed by atoms with Gasteiger partial charge in [0.25, 0.3) is 0 Å². The van der Waals surface area contributed by atoms with Crippen LogP contribution in [-0.4, -0.2) is 36.7 Å². The Morgan fingerprint density at radius 1 is 1.41 bits per heavy atom. The van der Waals surface area contributed by atoms with Crippen LogP contribution in [0, 0.1) is 5.92 Å². The van der Waals surface area contributed by atoms with Gasteiger partial charge < -0.3 is 9.64 Å². The third-order valence-electron chi connectivity index (χ3n) is 3.13. The number of ether oxygens (including phenoxy) is 1. The minimum absolute atomic E-state index is 0.782. The Morgan fingerprint density at radius 2 is 2.18 bits per heavy atom. The van der Waals surface area contributed by atoms with Crippen molar-refractivity contribution in [1.82, 2.24) is 9.88 Å². The molecule has 0 bridgehead atoms. The maximum Gasteiger partial charge on any atom is 0.0544 e. The Labute approximate surface area is 111 Å². The van der Waals surface area contributed by atoms with Crippen molar-refractivity contribution in [2.24, 2.45) is 5.92 Å². The highest BCUT2D eigenvalue weighted by atomic mass is 79.9. The first-order chi connectivity index (χ1) is 8.24. The SMILES string of the molecule is CN(Cc1ccc(Br)cn1)CC1CCOCC1. The normalized spacial score (nSPS) is 17.6. The van der Waals surface area contributed by atoms with Gasteiger partial charge >= 0.3 is 0 Å². The molecule has 0 aromatic carbocycles. The van der Waals surface area contributed by atoms with Crippen LogP contribution >= 0.6 is 15.9 Å². The smallest absolute Gasteiger partial charge is 0.0544 e. The Bertz CT molecular complexity index is 336. The van der Waals surface area contributed by atoms with Crippen LogP contribution in [-0.2, 0) is 11.3 Å². The summed E-state index contributed by atoms with van der Waals surface area (Å²) in [7, 11) is 2.17. The summed E-state index contributed by atoms with van der Waals surface area (Å²) in [4.78, 5) is 6.75. The summed E-state index contributed by atoms with van der Waals surface area (Å²) in [5, 5.41) is 0. The van der Waals surface area contributed by atoms with Gasteiger partial charge in [-0.25, -0.2) is 0 Å². The van der Waals surface area contributed by atoms with Gasteiger partial charge in [0.2, 0.25) is 0 Å². The van der Waals surface area contributed by atoms with E-state index in [1.807, 2.05) is 12.3 Å².